The quantitative estimate of drug-likeness (QED) is 0.483. The van der Waals surface area contributed by atoms with E-state index in [2.05, 4.69) is 10.1 Å². The van der Waals surface area contributed by atoms with Crippen LogP contribution in [0.5, 0.6) is 0 Å². The third kappa shape index (κ3) is 3.61. The zero-order valence-electron chi connectivity index (χ0n) is 19.0. The molecule has 0 bridgehead atoms. The first kappa shape index (κ1) is 21.4. The molecule has 5 rings (SSSR count). The number of aromatic amines is 1. The van der Waals surface area contributed by atoms with Gasteiger partial charge in [0.15, 0.2) is 0 Å². The summed E-state index contributed by atoms with van der Waals surface area (Å²) in [6.45, 7) is 4.37. The molecule has 0 fully saturated rings. The van der Waals surface area contributed by atoms with Crippen LogP contribution in [0.15, 0.2) is 42.5 Å². The number of H-pyrrole nitrogens is 1. The SMILES string of the molecule is Cc1nn(C)c(C)c1CCC(=O)N1CCc2c([nH]c3ccccc23)C1c1cc(F)ccc1F. The number of carbonyl (C=O) groups is 1. The summed E-state index contributed by atoms with van der Waals surface area (Å²) in [6, 6.07) is 10.6. The Balaban J connectivity index is 1.54. The Labute approximate surface area is 191 Å². The third-order valence-corrected chi connectivity index (χ3v) is 6.86. The number of halogens is 2. The molecule has 0 spiro atoms. The number of nitrogens with zero attached hydrogens (tertiary/aromatic N) is 3. The smallest absolute Gasteiger partial charge is 0.223 e. The lowest BCUT2D eigenvalue weighted by Crippen LogP contribution is -2.41. The van der Waals surface area contributed by atoms with Crippen LogP contribution in [0.25, 0.3) is 10.9 Å². The summed E-state index contributed by atoms with van der Waals surface area (Å²) in [5.41, 5.74) is 5.92. The van der Waals surface area contributed by atoms with Crippen LogP contribution in [0.2, 0.25) is 0 Å². The van der Waals surface area contributed by atoms with Crippen LogP contribution in [0.4, 0.5) is 8.78 Å². The highest BCUT2D eigenvalue weighted by molar-refractivity contribution is 5.86. The van der Waals surface area contributed by atoms with E-state index in [1.54, 1.807) is 4.90 Å². The lowest BCUT2D eigenvalue weighted by molar-refractivity contribution is -0.133. The van der Waals surface area contributed by atoms with Crippen molar-refractivity contribution in [3.8, 4) is 0 Å². The molecule has 0 aliphatic carbocycles. The van der Waals surface area contributed by atoms with Gasteiger partial charge in [-0.2, -0.15) is 5.10 Å². The number of para-hydroxylation sites is 1. The minimum absolute atomic E-state index is 0.0874. The number of aryl methyl sites for hydroxylation is 2. The van der Waals surface area contributed by atoms with Crippen molar-refractivity contribution in [1.82, 2.24) is 19.7 Å². The van der Waals surface area contributed by atoms with Crippen LogP contribution >= 0.6 is 0 Å². The first-order valence-corrected chi connectivity index (χ1v) is 11.2. The molecule has 5 nitrogen and oxygen atoms in total. The summed E-state index contributed by atoms with van der Waals surface area (Å²) >= 11 is 0. The lowest BCUT2D eigenvalue weighted by atomic mass is 9.91. The number of rotatable bonds is 4. The molecule has 1 atom stereocenters. The van der Waals surface area contributed by atoms with Gasteiger partial charge < -0.3 is 9.88 Å². The Bertz CT molecular complexity index is 1370. The highest BCUT2D eigenvalue weighted by Gasteiger charge is 2.36. The van der Waals surface area contributed by atoms with Crippen LogP contribution in [-0.4, -0.2) is 32.1 Å². The summed E-state index contributed by atoms with van der Waals surface area (Å²) < 4.78 is 31.0. The van der Waals surface area contributed by atoms with Crippen molar-refractivity contribution >= 4 is 16.8 Å². The maximum Gasteiger partial charge on any atom is 0.223 e. The van der Waals surface area contributed by atoms with E-state index in [1.807, 2.05) is 49.8 Å². The van der Waals surface area contributed by atoms with Crippen molar-refractivity contribution in [3.63, 3.8) is 0 Å². The molecule has 7 heteroatoms. The van der Waals surface area contributed by atoms with Gasteiger partial charge in [-0.3, -0.25) is 9.48 Å². The predicted molar refractivity (Wildman–Crippen MR) is 123 cm³/mol. The fourth-order valence-corrected chi connectivity index (χ4v) is 5.11. The third-order valence-electron chi connectivity index (χ3n) is 6.86. The Morgan fingerprint density at radius 2 is 1.97 bits per heavy atom. The first-order valence-electron chi connectivity index (χ1n) is 11.2. The zero-order chi connectivity index (χ0) is 23.3. The molecule has 1 unspecified atom stereocenters. The van der Waals surface area contributed by atoms with Gasteiger partial charge in [0.05, 0.1) is 5.69 Å². The van der Waals surface area contributed by atoms with E-state index in [0.29, 0.717) is 19.4 Å². The van der Waals surface area contributed by atoms with Gasteiger partial charge in [-0.05, 0) is 62.1 Å². The van der Waals surface area contributed by atoms with Gasteiger partial charge in [0.1, 0.15) is 17.7 Å². The van der Waals surface area contributed by atoms with Crippen molar-refractivity contribution < 1.29 is 13.6 Å². The molecular weight excluding hydrogens is 422 g/mol. The molecule has 0 saturated heterocycles. The molecule has 1 aliphatic rings. The number of nitrogens with one attached hydrogen (secondary N) is 1. The fourth-order valence-electron chi connectivity index (χ4n) is 5.11. The van der Waals surface area contributed by atoms with Crippen molar-refractivity contribution in [1.29, 1.82) is 0 Å². The van der Waals surface area contributed by atoms with E-state index >= 15 is 0 Å². The average molecular weight is 449 g/mol. The van der Waals surface area contributed by atoms with Crippen molar-refractivity contribution in [2.75, 3.05) is 6.54 Å². The zero-order valence-corrected chi connectivity index (χ0v) is 19.0. The fraction of sp³-hybridized carbons (Fsp3) is 0.308. The van der Waals surface area contributed by atoms with Crippen molar-refractivity contribution in [3.05, 3.63) is 87.9 Å². The number of carbonyl (C=O) groups excluding carboxylic acids is 1. The summed E-state index contributed by atoms with van der Waals surface area (Å²) in [7, 11) is 1.89. The minimum atomic E-state index is -0.708. The molecule has 1 aliphatic heterocycles. The lowest BCUT2D eigenvalue weighted by Gasteiger charge is -2.36. The maximum atomic E-state index is 15.0. The van der Waals surface area contributed by atoms with E-state index in [4.69, 9.17) is 0 Å². The molecule has 1 N–H and O–H groups in total. The molecule has 0 saturated carbocycles. The Morgan fingerprint density at radius 1 is 1.18 bits per heavy atom. The molecule has 3 heterocycles. The highest BCUT2D eigenvalue weighted by atomic mass is 19.1. The number of hydrogen-bond acceptors (Lipinski definition) is 2. The second-order valence-electron chi connectivity index (χ2n) is 8.74. The van der Waals surface area contributed by atoms with Crippen molar-refractivity contribution in [2.24, 2.45) is 7.05 Å². The van der Waals surface area contributed by atoms with Gasteiger partial charge in [0, 0.05) is 47.9 Å². The molecule has 33 heavy (non-hydrogen) atoms. The molecule has 2 aromatic heterocycles. The molecule has 170 valence electrons. The van der Waals surface area contributed by atoms with Gasteiger partial charge in [0.25, 0.3) is 0 Å². The minimum Gasteiger partial charge on any atom is -0.356 e. The summed E-state index contributed by atoms with van der Waals surface area (Å²) in [5.74, 6) is -1.14. The first-order chi connectivity index (χ1) is 15.8. The van der Waals surface area contributed by atoms with Crippen LogP contribution in [-0.2, 0) is 24.7 Å². The van der Waals surface area contributed by atoms with Gasteiger partial charge in [-0.15, -0.1) is 0 Å². The number of aromatic nitrogens is 3. The van der Waals surface area contributed by atoms with E-state index < -0.39 is 17.7 Å². The number of amides is 1. The van der Waals surface area contributed by atoms with Gasteiger partial charge in [-0.1, -0.05) is 18.2 Å². The van der Waals surface area contributed by atoms with Gasteiger partial charge in [0.2, 0.25) is 5.91 Å². The maximum absolute atomic E-state index is 15.0. The average Bonchev–Trinajstić information content (AvgIpc) is 3.29. The monoisotopic (exact) mass is 448 g/mol. The Morgan fingerprint density at radius 3 is 2.73 bits per heavy atom. The molecule has 2 aromatic carbocycles. The number of hydrogen-bond donors (Lipinski definition) is 1. The normalized spacial score (nSPS) is 15.8. The largest absolute Gasteiger partial charge is 0.356 e. The van der Waals surface area contributed by atoms with Gasteiger partial charge in [-0.25, -0.2) is 8.78 Å². The second-order valence-corrected chi connectivity index (χ2v) is 8.74. The summed E-state index contributed by atoms with van der Waals surface area (Å²) in [4.78, 5) is 18.6. The standard InChI is InChI=1S/C26H26F2N4O/c1-15-18(16(2)31(3)30-15)9-11-24(33)32-13-12-20-19-6-4-5-7-23(19)29-25(20)26(32)21-14-17(27)8-10-22(21)28/h4-8,10,14,26,29H,9,11-13H2,1-3H3. The van der Waals surface area contributed by atoms with Crippen LogP contribution in [0, 0.1) is 25.5 Å². The van der Waals surface area contributed by atoms with Crippen molar-refractivity contribution in [2.45, 2.75) is 39.2 Å². The van der Waals surface area contributed by atoms with E-state index in [0.717, 1.165) is 51.2 Å². The number of fused-ring (bicyclic) bond motifs is 3. The van der Waals surface area contributed by atoms with Crippen LogP contribution < -0.4 is 0 Å². The van der Waals surface area contributed by atoms with Crippen LogP contribution in [0.3, 0.4) is 0 Å². The topological polar surface area (TPSA) is 53.9 Å². The Kier molecular flexibility index (Phi) is 5.27. The van der Waals surface area contributed by atoms with Crippen LogP contribution in [0.1, 0.15) is 46.2 Å². The Hall–Kier alpha value is -3.48. The predicted octanol–water partition coefficient (Wildman–Crippen LogP) is 4.90. The van der Waals surface area contributed by atoms with E-state index in [1.165, 1.54) is 6.07 Å². The molecule has 4 aromatic rings. The van der Waals surface area contributed by atoms with E-state index in [9.17, 15) is 13.6 Å². The van der Waals surface area contributed by atoms with E-state index in [-0.39, 0.29) is 17.9 Å². The summed E-state index contributed by atoms with van der Waals surface area (Å²) in [6.07, 6.45) is 1.48. The molecular formula is C26H26F2N4O. The number of benzene rings is 2. The molecule has 0 radical (unpaired) electrons. The second kappa shape index (κ2) is 8.14. The molecule has 1 amide bonds. The van der Waals surface area contributed by atoms with Gasteiger partial charge >= 0.3 is 0 Å². The summed E-state index contributed by atoms with van der Waals surface area (Å²) in [5, 5.41) is 5.49. The highest BCUT2D eigenvalue weighted by Crippen LogP contribution is 2.39.